The lowest BCUT2D eigenvalue weighted by Crippen LogP contribution is -2.18. The van der Waals surface area contributed by atoms with E-state index in [4.69, 9.17) is 21.1 Å². The van der Waals surface area contributed by atoms with E-state index in [-0.39, 0.29) is 5.91 Å². The predicted octanol–water partition coefficient (Wildman–Crippen LogP) is 5.04. The fourth-order valence-electron chi connectivity index (χ4n) is 2.64. The number of nitrogens with one attached hydrogen (secondary N) is 1. The molecule has 0 atom stereocenters. The Morgan fingerprint density at radius 3 is 2.44 bits per heavy atom. The summed E-state index contributed by atoms with van der Waals surface area (Å²) in [4.78, 5) is 12.5. The van der Waals surface area contributed by atoms with Crippen LogP contribution in [0.1, 0.15) is 15.9 Å². The molecule has 7 heteroatoms. The van der Waals surface area contributed by atoms with Crippen LogP contribution < -0.4 is 14.9 Å². The van der Waals surface area contributed by atoms with Gasteiger partial charge in [-0.05, 0) is 56.5 Å². The zero-order valence-corrected chi connectivity index (χ0v) is 17.0. The molecule has 0 heterocycles. The second-order valence-corrected chi connectivity index (χ2v) is 6.88. The summed E-state index contributed by atoms with van der Waals surface area (Å²) in [5.74, 6) is 0.655. The Bertz CT molecular complexity index is 1010. The number of carbonyl (C=O) groups excluding carboxylic acids is 1. The summed E-state index contributed by atoms with van der Waals surface area (Å²) >= 11 is 9.53. The number of benzene rings is 3. The minimum atomic E-state index is -0.368. The molecule has 0 aliphatic carbocycles. The Kier molecular flexibility index (Phi) is 5.98. The highest BCUT2D eigenvalue weighted by molar-refractivity contribution is 9.10. The molecule has 3 rings (SSSR count). The maximum Gasteiger partial charge on any atom is 0.275 e. The summed E-state index contributed by atoms with van der Waals surface area (Å²) in [6, 6.07) is 14.8. The number of fused-ring (bicyclic) bond motifs is 1. The van der Waals surface area contributed by atoms with Crippen molar-refractivity contribution < 1.29 is 14.3 Å². The van der Waals surface area contributed by atoms with Crippen LogP contribution in [0.15, 0.2) is 58.1 Å². The highest BCUT2D eigenvalue weighted by Crippen LogP contribution is 2.33. The molecule has 5 nitrogen and oxygen atoms in total. The maximum absolute atomic E-state index is 12.5. The molecule has 0 unspecified atom stereocenters. The Morgan fingerprint density at radius 2 is 1.81 bits per heavy atom. The molecule has 0 radical (unpaired) electrons. The van der Waals surface area contributed by atoms with Gasteiger partial charge in [0.2, 0.25) is 0 Å². The van der Waals surface area contributed by atoms with Gasteiger partial charge in [0.1, 0.15) is 5.75 Å². The van der Waals surface area contributed by atoms with Crippen LogP contribution in [0.4, 0.5) is 0 Å². The van der Waals surface area contributed by atoms with E-state index in [2.05, 4.69) is 26.5 Å². The predicted molar refractivity (Wildman–Crippen MR) is 111 cm³/mol. The molecule has 138 valence electrons. The summed E-state index contributed by atoms with van der Waals surface area (Å²) in [6.45, 7) is 0. The number of carbonyl (C=O) groups is 1. The van der Waals surface area contributed by atoms with Crippen LogP contribution in [-0.2, 0) is 0 Å². The summed E-state index contributed by atoms with van der Waals surface area (Å²) < 4.78 is 11.2. The van der Waals surface area contributed by atoms with Gasteiger partial charge in [0.25, 0.3) is 5.91 Å². The average Bonchev–Trinajstić information content (AvgIpc) is 2.66. The fraction of sp³-hybridized carbons (Fsp3) is 0.100. The zero-order valence-electron chi connectivity index (χ0n) is 14.6. The first kappa shape index (κ1) is 19.2. The minimum Gasteiger partial charge on any atom is -0.496 e. The highest BCUT2D eigenvalue weighted by Gasteiger charge is 2.13. The van der Waals surface area contributed by atoms with Crippen molar-refractivity contribution in [1.82, 2.24) is 5.43 Å². The van der Waals surface area contributed by atoms with Crippen molar-refractivity contribution in [2.75, 3.05) is 14.2 Å². The lowest BCUT2D eigenvalue weighted by Gasteiger charge is -2.09. The second-order valence-electron chi connectivity index (χ2n) is 5.62. The molecule has 0 aromatic heterocycles. The van der Waals surface area contributed by atoms with E-state index in [1.165, 1.54) is 20.4 Å². The second kappa shape index (κ2) is 8.41. The van der Waals surface area contributed by atoms with E-state index in [1.807, 2.05) is 30.3 Å². The van der Waals surface area contributed by atoms with E-state index in [0.717, 1.165) is 10.8 Å². The third-order valence-corrected chi connectivity index (χ3v) is 4.79. The van der Waals surface area contributed by atoms with Crippen molar-refractivity contribution in [1.29, 1.82) is 0 Å². The topological polar surface area (TPSA) is 59.9 Å². The molecule has 0 fully saturated rings. The minimum absolute atomic E-state index is 0.368. The van der Waals surface area contributed by atoms with Crippen LogP contribution in [0.2, 0.25) is 5.02 Å². The number of methoxy groups -OCH3 is 2. The number of ether oxygens (including phenoxy) is 2. The van der Waals surface area contributed by atoms with E-state index in [0.29, 0.717) is 32.1 Å². The van der Waals surface area contributed by atoms with Crippen molar-refractivity contribution in [3.8, 4) is 11.5 Å². The van der Waals surface area contributed by atoms with E-state index in [1.54, 1.807) is 18.2 Å². The highest BCUT2D eigenvalue weighted by atomic mass is 79.9. The molecule has 0 aliphatic heterocycles. The standard InChI is InChI=1S/C20H16BrClN2O3/c1-26-18-10-14-6-4-3-5-13(14)9-15(18)20(25)24-23-11-12-7-16(21)19(27-2)17(22)8-12/h3-11H,1-2H3,(H,24,25). The third-order valence-electron chi connectivity index (χ3n) is 3.92. The molecular weight excluding hydrogens is 432 g/mol. The summed E-state index contributed by atoms with van der Waals surface area (Å²) in [6.07, 6.45) is 1.50. The molecule has 3 aromatic rings. The van der Waals surface area contributed by atoms with Gasteiger partial charge in [-0.1, -0.05) is 35.9 Å². The lowest BCUT2D eigenvalue weighted by atomic mass is 10.1. The van der Waals surface area contributed by atoms with Crippen LogP contribution in [-0.4, -0.2) is 26.3 Å². The van der Waals surface area contributed by atoms with E-state index < -0.39 is 0 Å². The van der Waals surface area contributed by atoms with Gasteiger partial charge in [-0.2, -0.15) is 5.10 Å². The molecule has 0 spiro atoms. The Labute approximate surface area is 170 Å². The molecule has 27 heavy (non-hydrogen) atoms. The molecule has 0 saturated heterocycles. The van der Waals surface area contributed by atoms with Crippen LogP contribution in [0, 0.1) is 0 Å². The maximum atomic E-state index is 12.5. The van der Waals surface area contributed by atoms with Crippen molar-refractivity contribution in [3.05, 3.63) is 69.2 Å². The number of amides is 1. The number of rotatable bonds is 5. The van der Waals surface area contributed by atoms with Crippen molar-refractivity contribution in [2.24, 2.45) is 5.10 Å². The van der Waals surface area contributed by atoms with Gasteiger partial charge in [-0.3, -0.25) is 4.79 Å². The zero-order chi connectivity index (χ0) is 19.4. The average molecular weight is 448 g/mol. The molecule has 0 saturated carbocycles. The first-order valence-electron chi connectivity index (χ1n) is 7.96. The van der Waals surface area contributed by atoms with Crippen LogP contribution in [0.25, 0.3) is 10.8 Å². The largest absolute Gasteiger partial charge is 0.496 e. The van der Waals surface area contributed by atoms with Crippen molar-refractivity contribution in [3.63, 3.8) is 0 Å². The van der Waals surface area contributed by atoms with Crippen molar-refractivity contribution in [2.45, 2.75) is 0 Å². The summed E-state index contributed by atoms with van der Waals surface area (Å²) in [5.41, 5.74) is 3.63. The van der Waals surface area contributed by atoms with Crippen LogP contribution >= 0.6 is 27.5 Å². The normalized spacial score (nSPS) is 11.0. The molecular formula is C20H16BrClN2O3. The first-order valence-corrected chi connectivity index (χ1v) is 9.14. The van der Waals surface area contributed by atoms with E-state index in [9.17, 15) is 4.79 Å². The SMILES string of the molecule is COc1cc2ccccc2cc1C(=O)NN=Cc1cc(Cl)c(OC)c(Br)c1. The van der Waals surface area contributed by atoms with Gasteiger partial charge in [0, 0.05) is 0 Å². The monoisotopic (exact) mass is 446 g/mol. The molecule has 0 aliphatic rings. The Hall–Kier alpha value is -2.57. The van der Waals surface area contributed by atoms with Crippen LogP contribution in [0.5, 0.6) is 11.5 Å². The van der Waals surface area contributed by atoms with Gasteiger partial charge in [-0.25, -0.2) is 5.43 Å². The number of hydrogen-bond acceptors (Lipinski definition) is 4. The van der Waals surface area contributed by atoms with Gasteiger partial charge in [-0.15, -0.1) is 0 Å². The third kappa shape index (κ3) is 4.23. The first-order chi connectivity index (χ1) is 13.0. The Morgan fingerprint density at radius 1 is 1.11 bits per heavy atom. The van der Waals surface area contributed by atoms with Crippen molar-refractivity contribution >= 4 is 50.4 Å². The van der Waals surface area contributed by atoms with Gasteiger partial charge in [0.05, 0.1) is 35.5 Å². The number of hydrazone groups is 1. The number of halogens is 2. The fourth-order valence-corrected chi connectivity index (χ4v) is 3.70. The molecule has 1 N–H and O–H groups in total. The number of nitrogens with zero attached hydrogens (tertiary/aromatic N) is 1. The quantitative estimate of drug-likeness (QED) is 0.440. The Balaban J connectivity index is 1.82. The number of hydrogen-bond donors (Lipinski definition) is 1. The van der Waals surface area contributed by atoms with Gasteiger partial charge in [0.15, 0.2) is 5.75 Å². The smallest absolute Gasteiger partial charge is 0.275 e. The molecule has 3 aromatic carbocycles. The molecule has 1 amide bonds. The van der Waals surface area contributed by atoms with Crippen LogP contribution in [0.3, 0.4) is 0 Å². The summed E-state index contributed by atoms with van der Waals surface area (Å²) in [7, 11) is 3.07. The van der Waals surface area contributed by atoms with Gasteiger partial charge >= 0.3 is 0 Å². The lowest BCUT2D eigenvalue weighted by molar-refractivity contribution is 0.0952. The summed E-state index contributed by atoms with van der Waals surface area (Å²) in [5, 5.41) is 6.39. The van der Waals surface area contributed by atoms with Gasteiger partial charge < -0.3 is 9.47 Å². The van der Waals surface area contributed by atoms with E-state index >= 15 is 0 Å². The molecule has 0 bridgehead atoms.